The second-order valence-corrected chi connectivity index (χ2v) is 7.02. The van der Waals surface area contributed by atoms with Gasteiger partial charge < -0.3 is 5.32 Å². The Morgan fingerprint density at radius 2 is 1.72 bits per heavy atom. The van der Waals surface area contributed by atoms with Crippen LogP contribution in [0.25, 0.3) is 22.0 Å². The maximum Gasteiger partial charge on any atom is 0.213 e. The van der Waals surface area contributed by atoms with Crippen LogP contribution in [0.1, 0.15) is 25.7 Å². The molecule has 4 rings (SSSR count). The topological polar surface area (TPSA) is 50.7 Å². The minimum atomic E-state index is -0.569. The fourth-order valence-electron chi connectivity index (χ4n) is 3.28. The normalized spacial score (nSPS) is 15.0. The van der Waals surface area contributed by atoms with Crippen LogP contribution in [0.4, 0.5) is 10.2 Å². The number of aromatic nitrogens is 3. The number of benzene rings is 1. The molecule has 0 unspecified atom stereocenters. The van der Waals surface area contributed by atoms with E-state index in [9.17, 15) is 4.39 Å². The van der Waals surface area contributed by atoms with Crippen molar-refractivity contribution < 1.29 is 4.39 Å². The molecule has 0 aliphatic heterocycles. The summed E-state index contributed by atoms with van der Waals surface area (Å²) >= 11 is 12.4. The summed E-state index contributed by atoms with van der Waals surface area (Å²) in [4.78, 5) is 3.59. The number of nitrogens with zero attached hydrogens (tertiary/aromatic N) is 3. The summed E-state index contributed by atoms with van der Waals surface area (Å²) in [6.45, 7) is 0. The zero-order chi connectivity index (χ0) is 17.4. The van der Waals surface area contributed by atoms with Crippen LogP contribution < -0.4 is 5.32 Å². The SMILES string of the molecule is Fc1cc(-c2nnc(NC3CCCC3)c3cc(Cl)c(Cl)cc23)ccn1. The summed E-state index contributed by atoms with van der Waals surface area (Å²) in [5.41, 5.74) is 1.14. The fraction of sp³-hybridized carbons (Fsp3) is 0.278. The number of hydrogen-bond acceptors (Lipinski definition) is 4. The van der Waals surface area contributed by atoms with Crippen molar-refractivity contribution in [2.24, 2.45) is 0 Å². The molecule has 4 nitrogen and oxygen atoms in total. The number of pyridine rings is 1. The molecule has 0 saturated heterocycles. The Balaban J connectivity index is 1.89. The minimum Gasteiger partial charge on any atom is -0.365 e. The van der Waals surface area contributed by atoms with Crippen molar-refractivity contribution >= 4 is 39.8 Å². The van der Waals surface area contributed by atoms with Gasteiger partial charge in [-0.2, -0.15) is 4.39 Å². The second kappa shape index (κ2) is 6.73. The van der Waals surface area contributed by atoms with Crippen LogP contribution in [0.2, 0.25) is 10.0 Å². The molecule has 2 heterocycles. The average molecular weight is 377 g/mol. The lowest BCUT2D eigenvalue weighted by atomic mass is 10.1. The average Bonchev–Trinajstić information content (AvgIpc) is 3.10. The van der Waals surface area contributed by atoms with Crippen molar-refractivity contribution in [3.8, 4) is 11.3 Å². The summed E-state index contributed by atoms with van der Waals surface area (Å²) < 4.78 is 13.5. The molecule has 0 amide bonds. The highest BCUT2D eigenvalue weighted by Gasteiger charge is 2.19. The molecule has 1 N–H and O–H groups in total. The zero-order valence-electron chi connectivity index (χ0n) is 13.3. The van der Waals surface area contributed by atoms with E-state index >= 15 is 0 Å². The van der Waals surface area contributed by atoms with E-state index in [1.165, 1.54) is 25.1 Å². The van der Waals surface area contributed by atoms with Crippen LogP contribution in [-0.2, 0) is 0 Å². The highest BCUT2D eigenvalue weighted by Crippen LogP contribution is 2.36. The van der Waals surface area contributed by atoms with Gasteiger partial charge in [0.1, 0.15) is 5.69 Å². The lowest BCUT2D eigenvalue weighted by Gasteiger charge is -2.16. The Morgan fingerprint density at radius 1 is 1.00 bits per heavy atom. The molecule has 0 bridgehead atoms. The first-order chi connectivity index (χ1) is 12.1. The highest BCUT2D eigenvalue weighted by atomic mass is 35.5. The highest BCUT2D eigenvalue weighted by molar-refractivity contribution is 6.43. The van der Waals surface area contributed by atoms with Crippen LogP contribution >= 0.6 is 23.2 Å². The summed E-state index contributed by atoms with van der Waals surface area (Å²) in [6, 6.07) is 6.94. The molecule has 0 spiro atoms. The van der Waals surface area contributed by atoms with Crippen molar-refractivity contribution in [2.45, 2.75) is 31.7 Å². The van der Waals surface area contributed by atoms with Crippen LogP contribution in [0.5, 0.6) is 0 Å². The van der Waals surface area contributed by atoms with E-state index in [4.69, 9.17) is 23.2 Å². The smallest absolute Gasteiger partial charge is 0.213 e. The lowest BCUT2D eigenvalue weighted by molar-refractivity contribution is 0.584. The van der Waals surface area contributed by atoms with Crippen LogP contribution in [0, 0.1) is 5.95 Å². The van der Waals surface area contributed by atoms with Gasteiger partial charge >= 0.3 is 0 Å². The van der Waals surface area contributed by atoms with Gasteiger partial charge in [0.15, 0.2) is 5.82 Å². The molecule has 1 fully saturated rings. The predicted molar refractivity (Wildman–Crippen MR) is 98.6 cm³/mol. The number of nitrogens with one attached hydrogen (secondary N) is 1. The van der Waals surface area contributed by atoms with Gasteiger partial charge in [-0.15, -0.1) is 10.2 Å². The Morgan fingerprint density at radius 3 is 2.44 bits per heavy atom. The number of fused-ring (bicyclic) bond motifs is 1. The first kappa shape index (κ1) is 16.5. The largest absolute Gasteiger partial charge is 0.365 e. The number of rotatable bonds is 3. The Kier molecular flexibility index (Phi) is 4.44. The van der Waals surface area contributed by atoms with Gasteiger partial charge in [-0.05, 0) is 31.0 Å². The van der Waals surface area contributed by atoms with Crippen LogP contribution in [0.3, 0.4) is 0 Å². The van der Waals surface area contributed by atoms with Gasteiger partial charge in [0, 0.05) is 34.6 Å². The third kappa shape index (κ3) is 3.26. The molecule has 0 radical (unpaired) electrons. The molecule has 1 aromatic carbocycles. The molecular formula is C18H15Cl2FN4. The van der Waals surface area contributed by atoms with Gasteiger partial charge in [0.25, 0.3) is 0 Å². The van der Waals surface area contributed by atoms with Crippen molar-refractivity contribution in [1.29, 1.82) is 0 Å². The predicted octanol–water partition coefficient (Wildman–Crippen LogP) is 5.49. The van der Waals surface area contributed by atoms with Crippen molar-refractivity contribution in [3.63, 3.8) is 0 Å². The second-order valence-electron chi connectivity index (χ2n) is 6.20. The van der Waals surface area contributed by atoms with E-state index in [-0.39, 0.29) is 0 Å². The minimum absolute atomic E-state index is 0.385. The lowest BCUT2D eigenvalue weighted by Crippen LogP contribution is -2.16. The van der Waals surface area contributed by atoms with E-state index in [1.54, 1.807) is 18.2 Å². The van der Waals surface area contributed by atoms with E-state index in [2.05, 4.69) is 20.5 Å². The van der Waals surface area contributed by atoms with Gasteiger partial charge in [-0.3, -0.25) is 0 Å². The maximum absolute atomic E-state index is 13.5. The van der Waals surface area contributed by atoms with E-state index < -0.39 is 5.95 Å². The maximum atomic E-state index is 13.5. The molecule has 128 valence electrons. The molecule has 1 saturated carbocycles. The molecular weight excluding hydrogens is 362 g/mol. The quantitative estimate of drug-likeness (QED) is 0.613. The molecule has 0 atom stereocenters. The monoisotopic (exact) mass is 376 g/mol. The number of hydrogen-bond donors (Lipinski definition) is 1. The van der Waals surface area contributed by atoms with Gasteiger partial charge in [-0.1, -0.05) is 36.0 Å². The fourth-order valence-corrected chi connectivity index (χ4v) is 3.61. The summed E-state index contributed by atoms with van der Waals surface area (Å²) in [5.74, 6) is 0.111. The molecule has 1 aliphatic rings. The molecule has 25 heavy (non-hydrogen) atoms. The van der Waals surface area contributed by atoms with E-state index in [1.807, 2.05) is 0 Å². The summed E-state index contributed by atoms with van der Waals surface area (Å²) in [5, 5.41) is 14.6. The van der Waals surface area contributed by atoms with E-state index in [0.717, 1.165) is 23.6 Å². The van der Waals surface area contributed by atoms with Gasteiger partial charge in [0.2, 0.25) is 5.95 Å². The molecule has 2 aromatic heterocycles. The van der Waals surface area contributed by atoms with Crippen molar-refractivity contribution in [3.05, 3.63) is 46.5 Å². The van der Waals surface area contributed by atoms with Crippen LogP contribution in [0.15, 0.2) is 30.5 Å². The number of halogens is 3. The molecule has 1 aliphatic carbocycles. The zero-order valence-corrected chi connectivity index (χ0v) is 14.8. The van der Waals surface area contributed by atoms with Gasteiger partial charge in [-0.25, -0.2) is 4.98 Å². The Labute approximate surface area is 154 Å². The third-order valence-electron chi connectivity index (χ3n) is 4.52. The van der Waals surface area contributed by atoms with E-state index in [0.29, 0.717) is 33.2 Å². The molecule has 3 aromatic rings. The number of anilines is 1. The standard InChI is InChI=1S/C18H15Cl2FN4/c19-14-8-12-13(9-15(14)20)18(23-11-3-1-2-4-11)25-24-17(12)10-5-6-22-16(21)7-10/h5-9,11H,1-4H2,(H,23,25). The third-order valence-corrected chi connectivity index (χ3v) is 5.24. The first-order valence-corrected chi connectivity index (χ1v) is 8.91. The van der Waals surface area contributed by atoms with Gasteiger partial charge in [0.05, 0.1) is 10.0 Å². The Hall–Kier alpha value is -1.98. The van der Waals surface area contributed by atoms with Crippen molar-refractivity contribution in [2.75, 3.05) is 5.32 Å². The molecule has 7 heteroatoms. The first-order valence-electron chi connectivity index (χ1n) is 8.16. The summed E-state index contributed by atoms with van der Waals surface area (Å²) in [6.07, 6.45) is 6.05. The summed E-state index contributed by atoms with van der Waals surface area (Å²) in [7, 11) is 0. The van der Waals surface area contributed by atoms with Crippen LogP contribution in [-0.4, -0.2) is 21.2 Å². The Bertz CT molecular complexity index is 942. The van der Waals surface area contributed by atoms with Crippen molar-refractivity contribution in [1.82, 2.24) is 15.2 Å².